The molecule has 20 heavy (non-hydrogen) atoms. The van der Waals surface area contributed by atoms with E-state index in [0.717, 1.165) is 6.42 Å². The highest BCUT2D eigenvalue weighted by Crippen LogP contribution is 2.39. The van der Waals surface area contributed by atoms with E-state index in [2.05, 4.69) is 60.1 Å². The summed E-state index contributed by atoms with van der Waals surface area (Å²) in [6.07, 6.45) is 3.43. The van der Waals surface area contributed by atoms with E-state index in [4.69, 9.17) is 0 Å². The largest absolute Gasteiger partial charge is 0.376 e. The van der Waals surface area contributed by atoms with Crippen LogP contribution in [0.3, 0.4) is 0 Å². The number of para-hydroxylation sites is 1. The molecule has 2 N–H and O–H groups in total. The molecule has 0 saturated carbocycles. The number of likely N-dealkylation sites (N-methyl/N-ethyl adjacent to an activating group) is 1. The summed E-state index contributed by atoms with van der Waals surface area (Å²) in [5.41, 5.74) is 7.26. The fourth-order valence-electron chi connectivity index (χ4n) is 3.79. The lowest BCUT2D eigenvalue weighted by Crippen LogP contribution is -2.40. The van der Waals surface area contributed by atoms with E-state index in [9.17, 15) is 0 Å². The predicted octanol–water partition coefficient (Wildman–Crippen LogP) is 3.28. The Labute approximate surface area is 120 Å². The number of benzene rings is 2. The van der Waals surface area contributed by atoms with Crippen LogP contribution in [0.25, 0.3) is 0 Å². The number of rotatable bonds is 1. The molecule has 1 aliphatic carbocycles. The summed E-state index contributed by atoms with van der Waals surface area (Å²) >= 11 is 0. The zero-order valence-corrected chi connectivity index (χ0v) is 11.8. The molecule has 0 radical (unpaired) electrons. The lowest BCUT2D eigenvalue weighted by Gasteiger charge is -2.35. The molecule has 2 nitrogen and oxygen atoms in total. The van der Waals surface area contributed by atoms with Crippen molar-refractivity contribution in [2.45, 2.75) is 31.3 Å². The molecule has 102 valence electrons. The molecule has 1 heterocycles. The van der Waals surface area contributed by atoms with Gasteiger partial charge in [0.1, 0.15) is 0 Å². The zero-order valence-electron chi connectivity index (χ0n) is 11.8. The summed E-state index contributed by atoms with van der Waals surface area (Å²) in [6, 6.07) is 16.4. The molecule has 0 aromatic heterocycles. The first-order chi connectivity index (χ1) is 9.86. The molecular weight excluding hydrogens is 244 g/mol. The number of fused-ring (bicyclic) bond motifs is 1. The van der Waals surface area contributed by atoms with Crippen LogP contribution in [0.2, 0.25) is 0 Å². The van der Waals surface area contributed by atoms with Crippen molar-refractivity contribution in [3.8, 4) is 0 Å². The van der Waals surface area contributed by atoms with E-state index < -0.39 is 0 Å². The molecule has 2 aliphatic rings. The molecule has 2 aromatic carbocycles. The summed E-state index contributed by atoms with van der Waals surface area (Å²) < 4.78 is 0. The Balaban J connectivity index is 1.91. The first kappa shape index (κ1) is 12.0. The molecule has 0 spiro atoms. The Bertz CT molecular complexity index is 648. The maximum Gasteiger partial charge on any atom is 0.0672 e. The fourth-order valence-corrected chi connectivity index (χ4v) is 3.79. The van der Waals surface area contributed by atoms with Gasteiger partial charge in [-0.25, -0.2) is 0 Å². The SMILES string of the molecule is CN[C@@H]1CCc2cccc3c2[C@H]1Nc1ccccc1C3. The summed E-state index contributed by atoms with van der Waals surface area (Å²) in [5.74, 6) is 0. The van der Waals surface area contributed by atoms with E-state index in [0.29, 0.717) is 12.1 Å². The molecule has 2 heteroatoms. The van der Waals surface area contributed by atoms with Gasteiger partial charge in [-0.15, -0.1) is 0 Å². The highest BCUT2D eigenvalue weighted by atomic mass is 15.0. The molecule has 4 rings (SSSR count). The second-order valence-corrected chi connectivity index (χ2v) is 5.88. The van der Waals surface area contributed by atoms with Gasteiger partial charge < -0.3 is 10.6 Å². The minimum absolute atomic E-state index is 0.392. The lowest BCUT2D eigenvalue weighted by molar-refractivity contribution is 0.438. The maximum absolute atomic E-state index is 3.80. The van der Waals surface area contributed by atoms with Crippen LogP contribution in [-0.4, -0.2) is 13.1 Å². The van der Waals surface area contributed by atoms with E-state index in [-0.39, 0.29) is 0 Å². The Morgan fingerprint density at radius 3 is 2.70 bits per heavy atom. The molecule has 2 aromatic rings. The smallest absolute Gasteiger partial charge is 0.0672 e. The summed E-state index contributed by atoms with van der Waals surface area (Å²) in [6.45, 7) is 0. The highest BCUT2D eigenvalue weighted by molar-refractivity contribution is 5.60. The topological polar surface area (TPSA) is 24.1 Å². The van der Waals surface area contributed by atoms with E-state index in [1.165, 1.54) is 40.8 Å². The Kier molecular flexibility index (Phi) is 2.78. The number of hydrogen-bond acceptors (Lipinski definition) is 2. The maximum atomic E-state index is 3.80. The van der Waals surface area contributed by atoms with Crippen LogP contribution in [-0.2, 0) is 12.8 Å². The summed E-state index contributed by atoms with van der Waals surface area (Å²) in [4.78, 5) is 0. The quantitative estimate of drug-likeness (QED) is 0.826. The highest BCUT2D eigenvalue weighted by Gasteiger charge is 2.32. The van der Waals surface area contributed by atoms with Crippen molar-refractivity contribution < 1.29 is 0 Å². The summed E-state index contributed by atoms with van der Waals surface area (Å²) in [7, 11) is 2.08. The standard InChI is InChI=1S/C18H20N2/c1-19-16-10-9-12-6-4-7-14-11-13-5-2-3-8-15(13)20-18(16)17(12)14/h2-8,16,18-20H,9-11H2,1H3/t16-,18+/m1/s1. The van der Waals surface area contributed by atoms with Crippen LogP contribution in [0.5, 0.6) is 0 Å². The number of nitrogens with one attached hydrogen (secondary N) is 2. The van der Waals surface area contributed by atoms with Gasteiger partial charge in [0.05, 0.1) is 6.04 Å². The van der Waals surface area contributed by atoms with E-state index in [1.54, 1.807) is 0 Å². The van der Waals surface area contributed by atoms with Crippen molar-refractivity contribution in [2.75, 3.05) is 12.4 Å². The van der Waals surface area contributed by atoms with Crippen molar-refractivity contribution >= 4 is 5.69 Å². The van der Waals surface area contributed by atoms with Gasteiger partial charge in [0.2, 0.25) is 0 Å². The van der Waals surface area contributed by atoms with Crippen LogP contribution < -0.4 is 10.6 Å². The predicted molar refractivity (Wildman–Crippen MR) is 83.2 cm³/mol. The lowest BCUT2D eigenvalue weighted by atomic mass is 9.81. The molecule has 2 atom stereocenters. The van der Waals surface area contributed by atoms with Gasteiger partial charge in [0.15, 0.2) is 0 Å². The third-order valence-electron chi connectivity index (χ3n) is 4.80. The summed E-state index contributed by atoms with van der Waals surface area (Å²) in [5, 5.41) is 7.30. The van der Waals surface area contributed by atoms with Gasteiger partial charge in [0.25, 0.3) is 0 Å². The van der Waals surface area contributed by atoms with E-state index in [1.807, 2.05) is 0 Å². The van der Waals surface area contributed by atoms with E-state index >= 15 is 0 Å². The average molecular weight is 264 g/mol. The monoisotopic (exact) mass is 264 g/mol. The van der Waals surface area contributed by atoms with Crippen LogP contribution in [0.15, 0.2) is 42.5 Å². The van der Waals surface area contributed by atoms with Gasteiger partial charge in [-0.1, -0.05) is 36.4 Å². The average Bonchev–Trinajstić information content (AvgIpc) is 2.66. The van der Waals surface area contributed by atoms with Crippen molar-refractivity contribution in [1.29, 1.82) is 0 Å². The van der Waals surface area contributed by atoms with Gasteiger partial charge in [-0.3, -0.25) is 0 Å². The molecule has 0 fully saturated rings. The van der Waals surface area contributed by atoms with Crippen LogP contribution >= 0.6 is 0 Å². The van der Waals surface area contributed by atoms with Crippen molar-refractivity contribution in [3.63, 3.8) is 0 Å². The molecule has 0 bridgehead atoms. The van der Waals surface area contributed by atoms with Gasteiger partial charge in [-0.05, 0) is 54.6 Å². The van der Waals surface area contributed by atoms with Crippen molar-refractivity contribution in [3.05, 3.63) is 64.7 Å². The van der Waals surface area contributed by atoms with Crippen molar-refractivity contribution in [1.82, 2.24) is 5.32 Å². The molecule has 0 unspecified atom stereocenters. The fraction of sp³-hybridized carbons (Fsp3) is 0.333. The number of hydrogen-bond donors (Lipinski definition) is 2. The van der Waals surface area contributed by atoms with Gasteiger partial charge in [-0.2, -0.15) is 0 Å². The van der Waals surface area contributed by atoms with Crippen LogP contribution in [0, 0.1) is 0 Å². The number of aryl methyl sites for hydroxylation is 1. The van der Waals surface area contributed by atoms with Crippen LogP contribution in [0.4, 0.5) is 5.69 Å². The normalized spacial score (nSPS) is 23.2. The van der Waals surface area contributed by atoms with Gasteiger partial charge in [0, 0.05) is 11.7 Å². The Hall–Kier alpha value is -1.80. The molecular formula is C18H20N2. The second-order valence-electron chi connectivity index (χ2n) is 5.88. The van der Waals surface area contributed by atoms with Gasteiger partial charge >= 0.3 is 0 Å². The first-order valence-corrected chi connectivity index (χ1v) is 7.49. The molecule has 0 saturated heterocycles. The number of anilines is 1. The first-order valence-electron chi connectivity index (χ1n) is 7.49. The molecule has 1 aliphatic heterocycles. The zero-order chi connectivity index (χ0) is 13.5. The molecule has 0 amide bonds. The Morgan fingerprint density at radius 2 is 1.80 bits per heavy atom. The Morgan fingerprint density at radius 1 is 1.00 bits per heavy atom. The third-order valence-corrected chi connectivity index (χ3v) is 4.80. The minimum atomic E-state index is 0.392. The third kappa shape index (κ3) is 1.75. The minimum Gasteiger partial charge on any atom is -0.376 e. The van der Waals surface area contributed by atoms with Crippen LogP contribution in [0.1, 0.15) is 34.7 Å². The second kappa shape index (κ2) is 4.64. The van der Waals surface area contributed by atoms with Crippen molar-refractivity contribution in [2.24, 2.45) is 0 Å².